The number of pyridine rings is 1. The van der Waals surface area contributed by atoms with Gasteiger partial charge in [0.05, 0.1) is 11.3 Å². The summed E-state index contributed by atoms with van der Waals surface area (Å²) in [5.41, 5.74) is 0.897. The molecule has 0 radical (unpaired) electrons. The zero-order valence-electron chi connectivity index (χ0n) is 14.5. The van der Waals surface area contributed by atoms with Gasteiger partial charge in [0.15, 0.2) is 5.78 Å². The highest BCUT2D eigenvalue weighted by Gasteiger charge is 2.25. The van der Waals surface area contributed by atoms with Crippen LogP contribution in [0.15, 0.2) is 18.5 Å². The van der Waals surface area contributed by atoms with Crippen molar-refractivity contribution < 1.29 is 14.4 Å². The normalized spacial score (nSPS) is 16.2. The fraction of sp³-hybridized carbons (Fsp3) is 0.556. The van der Waals surface area contributed by atoms with E-state index in [9.17, 15) is 14.4 Å². The van der Waals surface area contributed by atoms with E-state index in [0.717, 1.165) is 12.8 Å². The Hall–Kier alpha value is -2.24. The molecule has 0 spiro atoms. The average molecular weight is 331 g/mol. The third-order valence-electron chi connectivity index (χ3n) is 4.26. The van der Waals surface area contributed by atoms with Crippen molar-refractivity contribution in [3.63, 3.8) is 0 Å². The summed E-state index contributed by atoms with van der Waals surface area (Å²) in [6.07, 6.45) is 5.70. The second kappa shape index (κ2) is 8.04. The molecule has 6 heteroatoms. The lowest BCUT2D eigenvalue weighted by Gasteiger charge is -2.32. The number of aromatic nitrogens is 1. The number of hydrogen-bond donors (Lipinski definition) is 1. The van der Waals surface area contributed by atoms with Crippen LogP contribution < -0.4 is 5.32 Å². The fourth-order valence-corrected chi connectivity index (χ4v) is 2.88. The molecular formula is C18H25N3O3. The number of anilines is 1. The first kappa shape index (κ1) is 18.1. The Kier molecular flexibility index (Phi) is 6.06. The van der Waals surface area contributed by atoms with E-state index in [4.69, 9.17) is 0 Å². The highest BCUT2D eigenvalue weighted by atomic mass is 16.2. The summed E-state index contributed by atoms with van der Waals surface area (Å²) in [7, 11) is 0. The first-order chi connectivity index (χ1) is 11.4. The Bertz CT molecular complexity index is 628. The lowest BCUT2D eigenvalue weighted by Crippen LogP contribution is -2.43. The Labute approximate surface area is 142 Å². The van der Waals surface area contributed by atoms with Crippen LogP contribution in [0.1, 0.15) is 56.8 Å². The van der Waals surface area contributed by atoms with Gasteiger partial charge in [-0.05, 0) is 25.8 Å². The SMILES string of the molecule is CC(C)C(=O)c1cnccc1NC(=O)CC(C)N1CCCCC1=O. The molecule has 24 heavy (non-hydrogen) atoms. The Morgan fingerprint density at radius 2 is 2.04 bits per heavy atom. The number of piperidine rings is 1. The zero-order chi connectivity index (χ0) is 17.7. The molecule has 1 aromatic heterocycles. The highest BCUT2D eigenvalue weighted by molar-refractivity contribution is 6.05. The summed E-state index contributed by atoms with van der Waals surface area (Å²) >= 11 is 0. The van der Waals surface area contributed by atoms with Gasteiger partial charge in [-0.25, -0.2) is 0 Å². The minimum atomic E-state index is -0.204. The van der Waals surface area contributed by atoms with Crippen molar-refractivity contribution in [2.45, 2.75) is 52.5 Å². The van der Waals surface area contributed by atoms with Gasteiger partial charge >= 0.3 is 0 Å². The molecule has 1 fully saturated rings. The molecular weight excluding hydrogens is 306 g/mol. The summed E-state index contributed by atoms with van der Waals surface area (Å²) in [4.78, 5) is 42.2. The maximum atomic E-state index is 12.3. The third-order valence-corrected chi connectivity index (χ3v) is 4.26. The van der Waals surface area contributed by atoms with Gasteiger partial charge in [-0.15, -0.1) is 0 Å². The molecule has 0 saturated carbocycles. The van der Waals surface area contributed by atoms with Gasteiger partial charge in [0, 0.05) is 43.7 Å². The van der Waals surface area contributed by atoms with Crippen LogP contribution in [0.2, 0.25) is 0 Å². The third kappa shape index (κ3) is 4.40. The monoisotopic (exact) mass is 331 g/mol. The lowest BCUT2D eigenvalue weighted by molar-refractivity contribution is -0.136. The number of carbonyl (C=O) groups is 3. The standard InChI is InChI=1S/C18H25N3O3/c1-12(2)18(24)14-11-19-8-7-15(14)20-16(22)10-13(3)21-9-5-4-6-17(21)23/h7-8,11-13H,4-6,9-10H2,1-3H3,(H,19,20,22). The zero-order valence-corrected chi connectivity index (χ0v) is 14.5. The molecule has 1 aliphatic heterocycles. The van der Waals surface area contributed by atoms with E-state index >= 15 is 0 Å². The molecule has 1 atom stereocenters. The largest absolute Gasteiger partial charge is 0.339 e. The highest BCUT2D eigenvalue weighted by Crippen LogP contribution is 2.20. The van der Waals surface area contributed by atoms with E-state index in [-0.39, 0.29) is 36.0 Å². The lowest BCUT2D eigenvalue weighted by atomic mass is 10.0. The van der Waals surface area contributed by atoms with Crippen molar-refractivity contribution in [1.29, 1.82) is 0 Å². The molecule has 0 aliphatic carbocycles. The van der Waals surface area contributed by atoms with Gasteiger partial charge in [0.1, 0.15) is 0 Å². The summed E-state index contributed by atoms with van der Waals surface area (Å²) in [5.74, 6) is -0.321. The molecule has 0 aromatic carbocycles. The van der Waals surface area contributed by atoms with Crippen molar-refractivity contribution in [2.24, 2.45) is 5.92 Å². The molecule has 6 nitrogen and oxygen atoms in total. The smallest absolute Gasteiger partial charge is 0.226 e. The fourth-order valence-electron chi connectivity index (χ4n) is 2.88. The molecule has 1 N–H and O–H groups in total. The molecule has 1 aliphatic rings. The molecule has 1 aromatic rings. The Morgan fingerprint density at radius 3 is 2.71 bits per heavy atom. The minimum Gasteiger partial charge on any atom is -0.339 e. The summed E-state index contributed by atoms with van der Waals surface area (Å²) in [6, 6.07) is 1.48. The van der Waals surface area contributed by atoms with Gasteiger partial charge in [-0.2, -0.15) is 0 Å². The molecule has 0 bridgehead atoms. The van der Waals surface area contributed by atoms with Crippen LogP contribution in [-0.4, -0.2) is 40.1 Å². The number of nitrogens with zero attached hydrogens (tertiary/aromatic N) is 2. The van der Waals surface area contributed by atoms with Crippen LogP contribution in [0.25, 0.3) is 0 Å². The molecule has 1 saturated heterocycles. The van der Waals surface area contributed by atoms with Crippen LogP contribution in [0, 0.1) is 5.92 Å². The van der Waals surface area contributed by atoms with Crippen molar-refractivity contribution in [1.82, 2.24) is 9.88 Å². The van der Waals surface area contributed by atoms with Gasteiger partial charge < -0.3 is 10.2 Å². The van der Waals surface area contributed by atoms with E-state index in [1.54, 1.807) is 17.2 Å². The van der Waals surface area contributed by atoms with Crippen LogP contribution in [-0.2, 0) is 9.59 Å². The Morgan fingerprint density at radius 1 is 1.29 bits per heavy atom. The van der Waals surface area contributed by atoms with Crippen molar-refractivity contribution in [3.05, 3.63) is 24.0 Å². The number of rotatable bonds is 6. The number of nitrogens with one attached hydrogen (secondary N) is 1. The van der Waals surface area contributed by atoms with Gasteiger partial charge in [0.25, 0.3) is 0 Å². The predicted octanol–water partition coefficient (Wildman–Crippen LogP) is 2.65. The van der Waals surface area contributed by atoms with E-state index in [0.29, 0.717) is 24.2 Å². The minimum absolute atomic E-state index is 0.0577. The van der Waals surface area contributed by atoms with Crippen molar-refractivity contribution >= 4 is 23.3 Å². The number of Topliss-reactive ketones (excluding diaryl/α,β-unsaturated/α-hetero) is 1. The first-order valence-corrected chi connectivity index (χ1v) is 8.47. The van der Waals surface area contributed by atoms with E-state index in [1.807, 2.05) is 20.8 Å². The van der Waals surface area contributed by atoms with Crippen LogP contribution in [0.5, 0.6) is 0 Å². The van der Waals surface area contributed by atoms with Crippen LogP contribution >= 0.6 is 0 Å². The number of amides is 2. The topological polar surface area (TPSA) is 79.4 Å². The molecule has 130 valence electrons. The van der Waals surface area contributed by atoms with E-state index in [1.165, 1.54) is 6.20 Å². The molecule has 1 unspecified atom stereocenters. The number of carbonyl (C=O) groups excluding carboxylic acids is 3. The van der Waals surface area contributed by atoms with Crippen molar-refractivity contribution in [3.8, 4) is 0 Å². The second-order valence-electron chi connectivity index (χ2n) is 6.59. The molecule has 2 rings (SSSR count). The Balaban J connectivity index is 2.02. The van der Waals surface area contributed by atoms with E-state index in [2.05, 4.69) is 10.3 Å². The van der Waals surface area contributed by atoms with E-state index < -0.39 is 0 Å². The first-order valence-electron chi connectivity index (χ1n) is 8.47. The summed E-state index contributed by atoms with van der Waals surface area (Å²) < 4.78 is 0. The quantitative estimate of drug-likeness (QED) is 0.813. The molecule has 2 amide bonds. The number of hydrogen-bond acceptors (Lipinski definition) is 4. The average Bonchev–Trinajstić information content (AvgIpc) is 2.54. The number of ketones is 1. The predicted molar refractivity (Wildman–Crippen MR) is 91.7 cm³/mol. The van der Waals surface area contributed by atoms with Gasteiger partial charge in [0.2, 0.25) is 11.8 Å². The summed E-state index contributed by atoms with van der Waals surface area (Å²) in [6.45, 7) is 6.21. The van der Waals surface area contributed by atoms with Gasteiger partial charge in [-0.1, -0.05) is 13.8 Å². The maximum Gasteiger partial charge on any atom is 0.226 e. The molecule has 2 heterocycles. The van der Waals surface area contributed by atoms with Crippen molar-refractivity contribution in [2.75, 3.05) is 11.9 Å². The summed E-state index contributed by atoms with van der Waals surface area (Å²) in [5, 5.41) is 2.79. The second-order valence-corrected chi connectivity index (χ2v) is 6.59. The van der Waals surface area contributed by atoms with Crippen LogP contribution in [0.4, 0.5) is 5.69 Å². The van der Waals surface area contributed by atoms with Crippen LogP contribution in [0.3, 0.4) is 0 Å². The van der Waals surface area contributed by atoms with Gasteiger partial charge in [-0.3, -0.25) is 19.4 Å². The number of likely N-dealkylation sites (tertiary alicyclic amines) is 1. The maximum absolute atomic E-state index is 12.3.